The maximum absolute atomic E-state index is 10.4. The summed E-state index contributed by atoms with van der Waals surface area (Å²) in [6, 6.07) is 18.7. The number of fused-ring (bicyclic) bond motifs is 1. The van der Waals surface area contributed by atoms with Gasteiger partial charge in [-0.2, -0.15) is 0 Å². The van der Waals surface area contributed by atoms with Crippen molar-refractivity contribution in [3.05, 3.63) is 71.9 Å². The summed E-state index contributed by atoms with van der Waals surface area (Å²) in [5.41, 5.74) is 3.71. The lowest BCUT2D eigenvalue weighted by molar-refractivity contribution is 0.0974. The Morgan fingerprint density at radius 1 is 1.00 bits per heavy atom. The molecule has 3 heteroatoms. The fraction of sp³-hybridized carbons (Fsp3) is 0.333. The highest BCUT2D eigenvalue weighted by molar-refractivity contribution is 5.83. The largest absolute Gasteiger partial charge is 0.387 e. The van der Waals surface area contributed by atoms with Gasteiger partial charge in [0, 0.05) is 23.6 Å². The number of β-amino-alcohol motifs (C(OH)–C–C–N with tert-alkyl or cyclic N) is 1. The van der Waals surface area contributed by atoms with Crippen molar-refractivity contribution in [2.24, 2.45) is 0 Å². The first-order chi connectivity index (χ1) is 11.8. The third-order valence-corrected chi connectivity index (χ3v) is 5.27. The molecule has 0 amide bonds. The molecule has 2 aromatic carbocycles. The van der Waals surface area contributed by atoms with E-state index >= 15 is 0 Å². The molecule has 1 unspecified atom stereocenters. The number of H-pyrrole nitrogens is 1. The molecule has 1 aromatic heterocycles. The van der Waals surface area contributed by atoms with Crippen LogP contribution >= 0.6 is 0 Å². The number of benzene rings is 2. The molecule has 124 valence electrons. The number of nitrogens with one attached hydrogen (secondary N) is 1. The van der Waals surface area contributed by atoms with Crippen LogP contribution in [0, 0.1) is 0 Å². The van der Waals surface area contributed by atoms with Crippen LogP contribution in [0.15, 0.2) is 60.8 Å². The lowest BCUT2D eigenvalue weighted by Gasteiger charge is -2.33. The zero-order valence-electron chi connectivity index (χ0n) is 13.9. The second-order valence-corrected chi connectivity index (χ2v) is 6.79. The first-order valence-corrected chi connectivity index (χ1v) is 8.82. The van der Waals surface area contributed by atoms with E-state index in [4.69, 9.17) is 0 Å². The standard InChI is InChI=1S/C21H24N2O/c24-21(17-5-2-1-3-6-17)15-23-13-10-16(11-14-23)18-7-4-8-20-19(18)9-12-22-20/h1-9,12,16,21-22,24H,10-11,13-15H2. The summed E-state index contributed by atoms with van der Waals surface area (Å²) in [4.78, 5) is 5.70. The van der Waals surface area contributed by atoms with Gasteiger partial charge in [-0.3, -0.25) is 0 Å². The number of hydrogen-bond acceptors (Lipinski definition) is 2. The smallest absolute Gasteiger partial charge is 0.0916 e. The van der Waals surface area contributed by atoms with Gasteiger partial charge in [0.2, 0.25) is 0 Å². The molecule has 0 aliphatic carbocycles. The van der Waals surface area contributed by atoms with Gasteiger partial charge in [-0.05, 0) is 55.1 Å². The number of aliphatic hydroxyl groups is 1. The minimum atomic E-state index is -0.393. The molecule has 1 atom stereocenters. The minimum absolute atomic E-state index is 0.393. The fourth-order valence-electron chi connectivity index (χ4n) is 3.92. The second kappa shape index (κ2) is 6.80. The molecule has 0 saturated carbocycles. The normalized spacial score (nSPS) is 18.0. The third-order valence-electron chi connectivity index (χ3n) is 5.27. The molecule has 1 aliphatic rings. The maximum Gasteiger partial charge on any atom is 0.0916 e. The molecule has 24 heavy (non-hydrogen) atoms. The lowest BCUT2D eigenvalue weighted by atomic mass is 9.87. The Hall–Kier alpha value is -2.10. The van der Waals surface area contributed by atoms with Crippen LogP contribution in [0.1, 0.15) is 36.0 Å². The van der Waals surface area contributed by atoms with Gasteiger partial charge >= 0.3 is 0 Å². The van der Waals surface area contributed by atoms with E-state index < -0.39 is 6.10 Å². The molecule has 1 aliphatic heterocycles. The van der Waals surface area contributed by atoms with Crippen LogP contribution < -0.4 is 0 Å². The van der Waals surface area contributed by atoms with Crippen LogP contribution in [0.5, 0.6) is 0 Å². The zero-order chi connectivity index (χ0) is 16.4. The van der Waals surface area contributed by atoms with Crippen molar-refractivity contribution >= 4 is 10.9 Å². The van der Waals surface area contributed by atoms with E-state index in [-0.39, 0.29) is 0 Å². The molecule has 0 radical (unpaired) electrons. The van der Waals surface area contributed by atoms with Crippen LogP contribution in [0.25, 0.3) is 10.9 Å². The number of aromatic amines is 1. The summed E-state index contributed by atoms with van der Waals surface area (Å²) in [5.74, 6) is 0.620. The summed E-state index contributed by atoms with van der Waals surface area (Å²) >= 11 is 0. The van der Waals surface area contributed by atoms with Crippen molar-refractivity contribution in [3.8, 4) is 0 Å². The van der Waals surface area contributed by atoms with E-state index in [0.717, 1.165) is 38.0 Å². The molecule has 0 spiro atoms. The first kappa shape index (κ1) is 15.4. The molecule has 3 nitrogen and oxygen atoms in total. The molecule has 2 heterocycles. The molecular formula is C21H24N2O. The van der Waals surface area contributed by atoms with Crippen LogP contribution in [-0.4, -0.2) is 34.6 Å². The Labute approximate surface area is 142 Å². The highest BCUT2D eigenvalue weighted by Crippen LogP contribution is 2.33. The van der Waals surface area contributed by atoms with Gasteiger partial charge in [0.25, 0.3) is 0 Å². The van der Waals surface area contributed by atoms with E-state index in [1.54, 1.807) is 0 Å². The van der Waals surface area contributed by atoms with Crippen LogP contribution in [0.2, 0.25) is 0 Å². The molecule has 0 bridgehead atoms. The average Bonchev–Trinajstić information content (AvgIpc) is 3.12. The molecule has 2 N–H and O–H groups in total. The maximum atomic E-state index is 10.4. The quantitative estimate of drug-likeness (QED) is 0.760. The number of piperidine rings is 1. The zero-order valence-corrected chi connectivity index (χ0v) is 13.9. The van der Waals surface area contributed by atoms with Crippen LogP contribution in [0.4, 0.5) is 0 Å². The lowest BCUT2D eigenvalue weighted by Crippen LogP contribution is -2.36. The van der Waals surface area contributed by atoms with Crippen LogP contribution in [-0.2, 0) is 0 Å². The Morgan fingerprint density at radius 2 is 1.79 bits per heavy atom. The van der Waals surface area contributed by atoms with Gasteiger partial charge in [0.05, 0.1) is 6.10 Å². The summed E-state index contributed by atoms with van der Waals surface area (Å²) in [7, 11) is 0. The van der Waals surface area contributed by atoms with Crippen molar-refractivity contribution in [1.82, 2.24) is 9.88 Å². The minimum Gasteiger partial charge on any atom is -0.387 e. The van der Waals surface area contributed by atoms with Crippen LogP contribution in [0.3, 0.4) is 0 Å². The van der Waals surface area contributed by atoms with E-state index in [1.807, 2.05) is 36.5 Å². The van der Waals surface area contributed by atoms with E-state index in [1.165, 1.54) is 16.5 Å². The first-order valence-electron chi connectivity index (χ1n) is 8.82. The predicted molar refractivity (Wildman–Crippen MR) is 98.1 cm³/mol. The number of nitrogens with zero attached hydrogens (tertiary/aromatic N) is 1. The topological polar surface area (TPSA) is 39.3 Å². The van der Waals surface area contributed by atoms with Crippen molar-refractivity contribution in [1.29, 1.82) is 0 Å². The summed E-state index contributed by atoms with van der Waals surface area (Å²) < 4.78 is 0. The predicted octanol–water partition coefficient (Wildman–Crippen LogP) is 4.08. The Morgan fingerprint density at radius 3 is 2.58 bits per heavy atom. The summed E-state index contributed by atoms with van der Waals surface area (Å²) in [5, 5.41) is 11.8. The van der Waals surface area contributed by atoms with E-state index in [0.29, 0.717) is 5.92 Å². The highest BCUT2D eigenvalue weighted by Gasteiger charge is 2.23. The Balaban J connectivity index is 1.39. The van der Waals surface area contributed by atoms with Crippen molar-refractivity contribution in [3.63, 3.8) is 0 Å². The number of likely N-dealkylation sites (tertiary alicyclic amines) is 1. The van der Waals surface area contributed by atoms with Gasteiger partial charge in [-0.25, -0.2) is 0 Å². The Kier molecular flexibility index (Phi) is 4.37. The summed E-state index contributed by atoms with van der Waals surface area (Å²) in [6.07, 6.45) is 3.95. The van der Waals surface area contributed by atoms with Gasteiger partial charge in [-0.15, -0.1) is 0 Å². The number of aromatic nitrogens is 1. The highest BCUT2D eigenvalue weighted by atomic mass is 16.3. The molecule has 3 aromatic rings. The van der Waals surface area contributed by atoms with Gasteiger partial charge in [0.15, 0.2) is 0 Å². The SMILES string of the molecule is OC(CN1CCC(c2cccc3[nH]ccc23)CC1)c1ccccc1. The third kappa shape index (κ3) is 3.10. The van der Waals surface area contributed by atoms with E-state index in [2.05, 4.69) is 34.1 Å². The number of hydrogen-bond donors (Lipinski definition) is 2. The Bertz CT molecular complexity index is 788. The van der Waals surface area contributed by atoms with Gasteiger partial charge in [0.1, 0.15) is 0 Å². The van der Waals surface area contributed by atoms with Gasteiger partial charge in [-0.1, -0.05) is 42.5 Å². The number of rotatable bonds is 4. The van der Waals surface area contributed by atoms with Crippen molar-refractivity contribution in [2.45, 2.75) is 24.9 Å². The monoisotopic (exact) mass is 320 g/mol. The fourth-order valence-corrected chi connectivity index (χ4v) is 3.92. The average molecular weight is 320 g/mol. The molecule has 1 saturated heterocycles. The van der Waals surface area contributed by atoms with Crippen molar-refractivity contribution < 1.29 is 5.11 Å². The number of aliphatic hydroxyl groups excluding tert-OH is 1. The second-order valence-electron chi connectivity index (χ2n) is 6.79. The van der Waals surface area contributed by atoms with Gasteiger partial charge < -0.3 is 15.0 Å². The molecule has 1 fully saturated rings. The molecule has 4 rings (SSSR count). The van der Waals surface area contributed by atoms with Crippen molar-refractivity contribution in [2.75, 3.05) is 19.6 Å². The van der Waals surface area contributed by atoms with E-state index in [9.17, 15) is 5.11 Å². The molecular weight excluding hydrogens is 296 g/mol. The summed E-state index contributed by atoms with van der Waals surface area (Å²) in [6.45, 7) is 2.83.